The smallest absolute Gasteiger partial charge is 0.329 e. The molecular weight excluding hydrogens is 546 g/mol. The van der Waals surface area contributed by atoms with Crippen LogP contribution in [0.15, 0.2) is 60.7 Å². The summed E-state index contributed by atoms with van der Waals surface area (Å²) >= 11 is 0. The lowest BCUT2D eigenvalue weighted by atomic mass is 10.2. The third-order valence-corrected chi connectivity index (χ3v) is 8.64. The Kier molecular flexibility index (Phi) is 10.8. The van der Waals surface area contributed by atoms with Gasteiger partial charge in [0.1, 0.15) is 25.3 Å². The molecule has 230 valence electrons. The van der Waals surface area contributed by atoms with Gasteiger partial charge in [0.15, 0.2) is 0 Å². The predicted molar refractivity (Wildman–Crippen MR) is 160 cm³/mol. The standard InChI is InChI=1S/C34H43N3O6/c38-31(36-19-7-13-29(36)33(40)42-24-27-9-3-1-4-10-27)17-21-35(23-26-15-16-26)22-18-32(39)37-20-8-14-30(37)34(41)43-25-28-11-5-2-6-12-28/h1-6,9-12,26,29-30H,7-8,13-25H2. The molecular formula is C34H43N3O6. The number of nitrogens with zero attached hydrogens (tertiary/aromatic N) is 3. The molecule has 0 bridgehead atoms. The SMILES string of the molecule is O=C(OCc1ccccc1)C1CCCN1C(=O)CCN(CCC(=O)N1CCCC1C(=O)OCc1ccccc1)CC1CC1. The van der Waals surface area contributed by atoms with E-state index in [0.717, 1.165) is 30.5 Å². The highest BCUT2D eigenvalue weighted by atomic mass is 16.5. The van der Waals surface area contributed by atoms with Crippen LogP contribution in [-0.4, -0.2) is 83.3 Å². The number of rotatable bonds is 14. The van der Waals surface area contributed by atoms with E-state index in [-0.39, 0.29) is 37.0 Å². The molecule has 1 aliphatic carbocycles. The molecule has 0 radical (unpaired) electrons. The summed E-state index contributed by atoms with van der Waals surface area (Å²) in [6.07, 6.45) is 5.71. The van der Waals surface area contributed by atoms with Crippen LogP contribution in [0.5, 0.6) is 0 Å². The van der Waals surface area contributed by atoms with Gasteiger partial charge >= 0.3 is 11.9 Å². The first kappa shape index (κ1) is 30.7. The third kappa shape index (κ3) is 8.89. The minimum atomic E-state index is -0.539. The number of carbonyl (C=O) groups excluding carboxylic acids is 4. The first-order valence-corrected chi connectivity index (χ1v) is 15.7. The zero-order valence-electron chi connectivity index (χ0n) is 24.9. The van der Waals surface area contributed by atoms with Crippen LogP contribution in [0, 0.1) is 5.92 Å². The van der Waals surface area contributed by atoms with Gasteiger partial charge in [-0.2, -0.15) is 0 Å². The highest BCUT2D eigenvalue weighted by Crippen LogP contribution is 2.30. The molecule has 2 aliphatic heterocycles. The van der Waals surface area contributed by atoms with E-state index in [4.69, 9.17) is 9.47 Å². The molecule has 2 aromatic rings. The van der Waals surface area contributed by atoms with Crippen LogP contribution < -0.4 is 0 Å². The summed E-state index contributed by atoms with van der Waals surface area (Å²) in [5.74, 6) is -0.195. The van der Waals surface area contributed by atoms with Crippen molar-refractivity contribution in [2.75, 3.05) is 32.7 Å². The number of benzene rings is 2. The second-order valence-electron chi connectivity index (χ2n) is 11.9. The molecule has 2 atom stereocenters. The van der Waals surface area contributed by atoms with Gasteiger partial charge in [0.05, 0.1) is 0 Å². The molecule has 2 unspecified atom stereocenters. The number of esters is 2. The van der Waals surface area contributed by atoms with E-state index >= 15 is 0 Å². The van der Waals surface area contributed by atoms with E-state index < -0.39 is 12.1 Å². The number of hydrogen-bond donors (Lipinski definition) is 0. The first-order chi connectivity index (χ1) is 21.0. The summed E-state index contributed by atoms with van der Waals surface area (Å²) in [7, 11) is 0. The van der Waals surface area contributed by atoms with Crippen molar-refractivity contribution in [2.24, 2.45) is 5.92 Å². The average Bonchev–Trinajstić information content (AvgIpc) is 3.49. The van der Waals surface area contributed by atoms with Crippen molar-refractivity contribution in [1.82, 2.24) is 14.7 Å². The van der Waals surface area contributed by atoms with Crippen LogP contribution >= 0.6 is 0 Å². The Labute approximate surface area is 254 Å². The Balaban J connectivity index is 1.08. The first-order valence-electron chi connectivity index (χ1n) is 15.7. The van der Waals surface area contributed by atoms with E-state index in [0.29, 0.717) is 57.8 Å². The van der Waals surface area contributed by atoms with Gasteiger partial charge in [-0.15, -0.1) is 0 Å². The number of ether oxygens (including phenoxy) is 2. The van der Waals surface area contributed by atoms with E-state index in [1.165, 1.54) is 12.8 Å². The van der Waals surface area contributed by atoms with Crippen molar-refractivity contribution < 1.29 is 28.7 Å². The van der Waals surface area contributed by atoms with Crippen LogP contribution in [0.1, 0.15) is 62.5 Å². The van der Waals surface area contributed by atoms with Crippen LogP contribution in [-0.2, 0) is 41.9 Å². The van der Waals surface area contributed by atoms with Crippen LogP contribution in [0.4, 0.5) is 0 Å². The van der Waals surface area contributed by atoms with E-state index in [2.05, 4.69) is 4.90 Å². The van der Waals surface area contributed by atoms with Crippen molar-refractivity contribution in [1.29, 1.82) is 0 Å². The van der Waals surface area contributed by atoms with Gasteiger partial charge in [-0.05, 0) is 55.6 Å². The second-order valence-corrected chi connectivity index (χ2v) is 11.9. The van der Waals surface area contributed by atoms with Gasteiger partial charge in [0.25, 0.3) is 0 Å². The summed E-state index contributed by atoms with van der Waals surface area (Å²) in [6.45, 7) is 3.43. The summed E-state index contributed by atoms with van der Waals surface area (Å²) in [5.41, 5.74) is 1.84. The fourth-order valence-corrected chi connectivity index (χ4v) is 6.02. The fourth-order valence-electron chi connectivity index (χ4n) is 6.02. The average molecular weight is 590 g/mol. The molecule has 9 nitrogen and oxygen atoms in total. The fraction of sp³-hybridized carbons (Fsp3) is 0.529. The number of hydrogen-bond acceptors (Lipinski definition) is 7. The lowest BCUT2D eigenvalue weighted by Crippen LogP contribution is -2.44. The molecule has 2 saturated heterocycles. The minimum absolute atomic E-state index is 0.0490. The Morgan fingerprint density at radius 2 is 1.09 bits per heavy atom. The van der Waals surface area contributed by atoms with Gasteiger partial charge in [0.2, 0.25) is 11.8 Å². The maximum atomic E-state index is 13.2. The highest BCUT2D eigenvalue weighted by Gasteiger charge is 2.37. The molecule has 3 fully saturated rings. The Morgan fingerprint density at radius 1 is 0.651 bits per heavy atom. The lowest BCUT2D eigenvalue weighted by Gasteiger charge is -2.27. The van der Waals surface area contributed by atoms with Crippen LogP contribution in [0.3, 0.4) is 0 Å². The Morgan fingerprint density at radius 3 is 1.51 bits per heavy atom. The molecule has 5 rings (SSSR count). The third-order valence-electron chi connectivity index (χ3n) is 8.64. The maximum Gasteiger partial charge on any atom is 0.329 e. The number of amides is 2. The van der Waals surface area contributed by atoms with E-state index in [9.17, 15) is 19.2 Å². The van der Waals surface area contributed by atoms with Crippen LogP contribution in [0.2, 0.25) is 0 Å². The molecule has 43 heavy (non-hydrogen) atoms. The maximum absolute atomic E-state index is 13.2. The molecule has 0 aromatic heterocycles. The zero-order chi connectivity index (χ0) is 30.0. The van der Waals surface area contributed by atoms with Crippen molar-refractivity contribution in [2.45, 2.75) is 76.7 Å². The molecule has 1 saturated carbocycles. The summed E-state index contributed by atoms with van der Waals surface area (Å²) in [4.78, 5) is 57.6. The molecule has 2 aromatic carbocycles. The minimum Gasteiger partial charge on any atom is -0.459 e. The summed E-state index contributed by atoms with van der Waals surface area (Å²) < 4.78 is 11.1. The topological polar surface area (TPSA) is 96.5 Å². The molecule has 3 aliphatic rings. The summed E-state index contributed by atoms with van der Waals surface area (Å²) in [6, 6.07) is 18.0. The monoisotopic (exact) mass is 589 g/mol. The normalized spacial score (nSPS) is 19.9. The van der Waals surface area contributed by atoms with Gasteiger partial charge in [0, 0.05) is 45.6 Å². The quantitative estimate of drug-likeness (QED) is 0.308. The predicted octanol–water partition coefficient (Wildman–Crippen LogP) is 3.95. The molecule has 2 heterocycles. The summed E-state index contributed by atoms with van der Waals surface area (Å²) in [5, 5.41) is 0. The molecule has 2 amide bonds. The number of carbonyl (C=O) groups is 4. The van der Waals surface area contributed by atoms with Gasteiger partial charge < -0.3 is 24.2 Å². The molecule has 9 heteroatoms. The van der Waals surface area contributed by atoms with Crippen molar-refractivity contribution in [3.8, 4) is 0 Å². The number of likely N-dealkylation sites (tertiary alicyclic amines) is 2. The van der Waals surface area contributed by atoms with Crippen molar-refractivity contribution in [3.05, 3.63) is 71.8 Å². The Hall–Kier alpha value is -3.72. The van der Waals surface area contributed by atoms with Crippen molar-refractivity contribution in [3.63, 3.8) is 0 Å². The van der Waals surface area contributed by atoms with E-state index in [1.807, 2.05) is 60.7 Å². The van der Waals surface area contributed by atoms with Crippen molar-refractivity contribution >= 4 is 23.8 Å². The van der Waals surface area contributed by atoms with Gasteiger partial charge in [-0.3, -0.25) is 9.59 Å². The largest absolute Gasteiger partial charge is 0.459 e. The Bertz CT molecular complexity index is 1150. The highest BCUT2D eigenvalue weighted by molar-refractivity contribution is 5.86. The zero-order valence-corrected chi connectivity index (χ0v) is 24.9. The van der Waals surface area contributed by atoms with Gasteiger partial charge in [-0.25, -0.2) is 9.59 Å². The lowest BCUT2D eigenvalue weighted by molar-refractivity contribution is -0.154. The van der Waals surface area contributed by atoms with Gasteiger partial charge in [-0.1, -0.05) is 60.7 Å². The molecule has 0 spiro atoms. The van der Waals surface area contributed by atoms with Crippen LogP contribution in [0.25, 0.3) is 0 Å². The van der Waals surface area contributed by atoms with E-state index in [1.54, 1.807) is 9.80 Å². The molecule has 0 N–H and O–H groups in total. The second kappa shape index (κ2) is 15.1.